The maximum Gasteiger partial charge on any atom is 0.318 e. The van der Waals surface area contributed by atoms with E-state index in [0.29, 0.717) is 0 Å². The van der Waals surface area contributed by atoms with Crippen LogP contribution >= 0.6 is 8.07 Å². The first kappa shape index (κ1) is 14.8. The van der Waals surface area contributed by atoms with E-state index in [1.165, 1.54) is 4.67 Å². The quantitative estimate of drug-likeness (QED) is 0.518. The zero-order valence-electron chi connectivity index (χ0n) is 8.79. The van der Waals surface area contributed by atoms with Crippen molar-refractivity contribution >= 4 is 26.0 Å². The van der Waals surface area contributed by atoms with Gasteiger partial charge in [0.2, 0.25) is 0 Å². The van der Waals surface area contributed by atoms with Crippen molar-refractivity contribution in [2.75, 3.05) is 25.9 Å². The molecule has 0 rings (SSSR count). The molecule has 0 saturated carbocycles. The van der Waals surface area contributed by atoms with Crippen molar-refractivity contribution in [3.63, 3.8) is 0 Å². The third-order valence-electron chi connectivity index (χ3n) is 1.77. The van der Waals surface area contributed by atoms with E-state index in [1.54, 1.807) is 6.66 Å². The summed E-state index contributed by atoms with van der Waals surface area (Å²) in [5.74, 6) is -3.21. The highest BCUT2D eigenvalue weighted by Crippen LogP contribution is 2.35. The van der Waals surface area contributed by atoms with Crippen LogP contribution in [0.25, 0.3) is 0 Å². The Hall–Kier alpha value is -1.20. The van der Waals surface area contributed by atoms with Gasteiger partial charge < -0.3 is 15.3 Å². The van der Waals surface area contributed by atoms with Crippen molar-refractivity contribution in [1.82, 2.24) is 4.67 Å². The normalized spacial score (nSPS) is 12.4. The van der Waals surface area contributed by atoms with Gasteiger partial charge in [0.25, 0.3) is 0 Å². The summed E-state index contributed by atoms with van der Waals surface area (Å²) in [5.41, 5.74) is 0. The van der Waals surface area contributed by atoms with Gasteiger partial charge in [0.15, 0.2) is 0 Å². The lowest BCUT2D eigenvalue weighted by atomic mass is 10.5. The van der Waals surface area contributed by atoms with Crippen molar-refractivity contribution < 1.29 is 29.7 Å². The number of rotatable bonds is 8. The number of aliphatic carboxylic acids is 3. The zero-order chi connectivity index (χ0) is 12.7. The molecule has 0 aromatic heterocycles. The Morgan fingerprint density at radius 3 is 1.75 bits per heavy atom. The Labute approximate surface area is 93.5 Å². The third kappa shape index (κ3) is 7.14. The van der Waals surface area contributed by atoms with Crippen LogP contribution in [0.4, 0.5) is 0 Å². The highest BCUT2D eigenvalue weighted by Gasteiger charge is 2.19. The van der Waals surface area contributed by atoms with Gasteiger partial charge in [0.1, 0.15) is 13.1 Å². The second-order valence-electron chi connectivity index (χ2n) is 3.14. The average Bonchev–Trinajstić information content (AvgIpc) is 2.11. The maximum absolute atomic E-state index is 10.5. The first-order chi connectivity index (χ1) is 7.32. The van der Waals surface area contributed by atoms with Gasteiger partial charge >= 0.3 is 17.9 Å². The van der Waals surface area contributed by atoms with Gasteiger partial charge in [0, 0.05) is 0 Å². The van der Waals surface area contributed by atoms with E-state index in [0.717, 1.165) is 0 Å². The summed E-state index contributed by atoms with van der Waals surface area (Å²) in [4.78, 5) is 31.3. The van der Waals surface area contributed by atoms with Crippen LogP contribution in [0.2, 0.25) is 0 Å². The molecule has 0 aromatic carbocycles. The molecule has 92 valence electrons. The van der Waals surface area contributed by atoms with E-state index in [4.69, 9.17) is 15.3 Å². The molecule has 0 spiro atoms. The number of carboxylic acids is 3. The molecular weight excluding hydrogens is 237 g/mol. The van der Waals surface area contributed by atoms with Crippen molar-refractivity contribution in [3.8, 4) is 0 Å². The molecule has 0 aliphatic heterocycles. The summed E-state index contributed by atoms with van der Waals surface area (Å²) < 4.78 is 1.28. The minimum atomic E-state index is -1.12. The predicted octanol–water partition coefficient (Wildman–Crippen LogP) is -0.0410. The lowest BCUT2D eigenvalue weighted by Gasteiger charge is -2.25. The molecule has 8 heteroatoms. The molecule has 7 nitrogen and oxygen atoms in total. The first-order valence-electron chi connectivity index (χ1n) is 4.44. The standard InChI is InChI=1S/C8H14NO6P/c1-16(3-2-6(10)11)9(4-7(12)13)5-8(14)15/h2-5H2,1H3,(H,10,11)(H,12,13)(H,14,15). The maximum atomic E-state index is 10.5. The van der Waals surface area contributed by atoms with E-state index >= 15 is 0 Å². The summed E-state index contributed by atoms with van der Waals surface area (Å²) in [6.45, 7) is 0.909. The molecule has 0 bridgehead atoms. The van der Waals surface area contributed by atoms with E-state index in [2.05, 4.69) is 0 Å². The molecule has 1 unspecified atom stereocenters. The molecule has 0 amide bonds. The highest BCUT2D eigenvalue weighted by atomic mass is 31.1. The summed E-state index contributed by atoms with van der Waals surface area (Å²) >= 11 is 0. The van der Waals surface area contributed by atoms with Gasteiger partial charge in [-0.2, -0.15) is 0 Å². The van der Waals surface area contributed by atoms with Gasteiger partial charge in [-0.25, -0.2) is 0 Å². The molecule has 0 aliphatic rings. The summed E-state index contributed by atoms with van der Waals surface area (Å²) in [6, 6.07) is 0. The van der Waals surface area contributed by atoms with Crippen LogP contribution in [0.3, 0.4) is 0 Å². The topological polar surface area (TPSA) is 115 Å². The lowest BCUT2D eigenvalue weighted by Crippen LogP contribution is -2.31. The molecular formula is C8H14NO6P. The van der Waals surface area contributed by atoms with Crippen LogP contribution in [0.15, 0.2) is 0 Å². The molecule has 1 atom stereocenters. The largest absolute Gasteiger partial charge is 0.481 e. The van der Waals surface area contributed by atoms with Crippen LogP contribution in [0.1, 0.15) is 6.42 Å². The smallest absolute Gasteiger partial charge is 0.318 e. The van der Waals surface area contributed by atoms with Gasteiger partial charge in [0.05, 0.1) is 6.42 Å². The number of carboxylic acid groups (broad SMARTS) is 3. The molecule has 0 saturated heterocycles. The molecule has 0 radical (unpaired) electrons. The third-order valence-corrected chi connectivity index (χ3v) is 3.89. The molecule has 0 fully saturated rings. The fraction of sp³-hybridized carbons (Fsp3) is 0.625. The average molecular weight is 251 g/mol. The summed E-state index contributed by atoms with van der Waals surface area (Å²) in [5, 5.41) is 25.6. The molecule has 3 N–H and O–H groups in total. The van der Waals surface area contributed by atoms with Crippen LogP contribution in [0, 0.1) is 0 Å². The van der Waals surface area contributed by atoms with Gasteiger partial charge in [-0.15, -0.1) is 0 Å². The van der Waals surface area contributed by atoms with Gasteiger partial charge in [-0.3, -0.25) is 19.1 Å². The van der Waals surface area contributed by atoms with Crippen molar-refractivity contribution in [2.24, 2.45) is 0 Å². The predicted molar refractivity (Wildman–Crippen MR) is 56.8 cm³/mol. The fourth-order valence-electron chi connectivity index (χ4n) is 1.01. The molecule has 0 aliphatic carbocycles. The van der Waals surface area contributed by atoms with E-state index in [1.807, 2.05) is 0 Å². The Morgan fingerprint density at radius 1 is 1.00 bits per heavy atom. The minimum absolute atomic E-state index is 0.0854. The second-order valence-corrected chi connectivity index (χ2v) is 5.46. The number of hydrogen-bond acceptors (Lipinski definition) is 4. The Balaban J connectivity index is 4.30. The van der Waals surface area contributed by atoms with E-state index in [-0.39, 0.29) is 25.7 Å². The summed E-state index contributed by atoms with van der Waals surface area (Å²) in [6.07, 6.45) is 0.198. The van der Waals surface area contributed by atoms with Crippen LogP contribution in [-0.4, -0.2) is 63.8 Å². The Kier molecular flexibility index (Phi) is 6.60. The summed E-state index contributed by atoms with van der Waals surface area (Å²) in [7, 11) is -1.05. The van der Waals surface area contributed by atoms with Crippen molar-refractivity contribution in [2.45, 2.75) is 6.42 Å². The van der Waals surface area contributed by atoms with Crippen LogP contribution < -0.4 is 0 Å². The molecule has 0 heterocycles. The monoisotopic (exact) mass is 251 g/mol. The Bertz CT molecular complexity index is 266. The van der Waals surface area contributed by atoms with Gasteiger partial charge in [-0.1, -0.05) is 0 Å². The highest BCUT2D eigenvalue weighted by molar-refractivity contribution is 7.54. The Morgan fingerprint density at radius 2 is 1.44 bits per heavy atom. The SMILES string of the molecule is CP(CCC(=O)O)N(CC(=O)O)CC(=O)O. The number of hydrogen-bond donors (Lipinski definition) is 3. The second kappa shape index (κ2) is 7.14. The molecule has 0 aromatic rings. The van der Waals surface area contributed by atoms with Gasteiger partial charge in [-0.05, 0) is 20.9 Å². The van der Waals surface area contributed by atoms with Crippen molar-refractivity contribution in [3.05, 3.63) is 0 Å². The van der Waals surface area contributed by atoms with E-state index < -0.39 is 26.0 Å². The van der Waals surface area contributed by atoms with Crippen LogP contribution in [0.5, 0.6) is 0 Å². The number of carbonyl (C=O) groups is 3. The molecule has 16 heavy (non-hydrogen) atoms. The lowest BCUT2D eigenvalue weighted by molar-refractivity contribution is -0.139. The van der Waals surface area contributed by atoms with Crippen molar-refractivity contribution in [1.29, 1.82) is 0 Å². The van der Waals surface area contributed by atoms with E-state index in [9.17, 15) is 14.4 Å². The van der Waals surface area contributed by atoms with Crippen LogP contribution in [-0.2, 0) is 14.4 Å². The first-order valence-corrected chi connectivity index (χ1v) is 6.37. The number of nitrogens with zero attached hydrogens (tertiary/aromatic N) is 1. The fourth-order valence-corrected chi connectivity index (χ4v) is 2.53. The zero-order valence-corrected chi connectivity index (χ0v) is 9.68. The minimum Gasteiger partial charge on any atom is -0.481 e.